The van der Waals surface area contributed by atoms with Gasteiger partial charge >= 0.3 is 0 Å². The van der Waals surface area contributed by atoms with E-state index in [0.717, 1.165) is 50.8 Å². The molecule has 6 heteroatoms. The SMILES string of the molecule is CN(C)Cc1cc(NN=C(c2ccccc2)c2ccccc2)c(C=NN=C(c2ccccc2)c2ccccc2)s1. The van der Waals surface area contributed by atoms with E-state index in [2.05, 4.69) is 89.2 Å². The Morgan fingerprint density at radius 2 is 1.12 bits per heavy atom. The molecular formula is C34H31N5S. The van der Waals surface area contributed by atoms with Crippen molar-refractivity contribution in [1.29, 1.82) is 0 Å². The van der Waals surface area contributed by atoms with Crippen LogP contribution in [0.4, 0.5) is 5.69 Å². The van der Waals surface area contributed by atoms with E-state index in [0.29, 0.717) is 0 Å². The van der Waals surface area contributed by atoms with Gasteiger partial charge < -0.3 is 4.90 Å². The first-order valence-electron chi connectivity index (χ1n) is 13.1. The van der Waals surface area contributed by atoms with E-state index in [4.69, 9.17) is 5.10 Å². The number of nitrogens with one attached hydrogen (secondary N) is 1. The highest BCUT2D eigenvalue weighted by atomic mass is 32.1. The summed E-state index contributed by atoms with van der Waals surface area (Å²) in [4.78, 5) is 4.32. The molecule has 0 saturated heterocycles. The summed E-state index contributed by atoms with van der Waals surface area (Å²) in [6.45, 7) is 0.823. The number of anilines is 1. The van der Waals surface area contributed by atoms with Crippen molar-refractivity contribution in [2.45, 2.75) is 6.54 Å². The standard InChI is InChI=1S/C34H31N5S/c1-39(2)25-30-23-31(36-38-34(28-19-11-5-12-20-28)29-21-13-6-14-22-29)32(40-30)24-35-37-33(26-15-7-3-8-16-26)27-17-9-4-10-18-27/h3-24,36H,25H2,1-2H3. The quantitative estimate of drug-likeness (QED) is 0.147. The summed E-state index contributed by atoms with van der Waals surface area (Å²) in [5.74, 6) is 0. The summed E-state index contributed by atoms with van der Waals surface area (Å²) in [5, 5.41) is 14.1. The second kappa shape index (κ2) is 13.4. The first-order chi connectivity index (χ1) is 19.7. The lowest BCUT2D eigenvalue weighted by Gasteiger charge is -2.08. The highest BCUT2D eigenvalue weighted by Gasteiger charge is 2.11. The Bertz CT molecular complexity index is 1510. The number of hydrazone groups is 1. The lowest BCUT2D eigenvalue weighted by molar-refractivity contribution is 0.406. The molecule has 5 nitrogen and oxygen atoms in total. The summed E-state index contributed by atoms with van der Waals surface area (Å²) in [5.41, 5.74) is 10.1. The van der Waals surface area contributed by atoms with E-state index in [1.807, 2.05) is 79.0 Å². The predicted molar refractivity (Wildman–Crippen MR) is 170 cm³/mol. The van der Waals surface area contributed by atoms with Gasteiger partial charge in [0.2, 0.25) is 0 Å². The molecule has 0 atom stereocenters. The maximum Gasteiger partial charge on any atom is 0.100 e. The van der Waals surface area contributed by atoms with Crippen LogP contribution in [0.15, 0.2) is 143 Å². The Morgan fingerprint density at radius 3 is 1.57 bits per heavy atom. The average Bonchev–Trinajstić information content (AvgIpc) is 3.37. The van der Waals surface area contributed by atoms with Gasteiger partial charge in [-0.15, -0.1) is 16.4 Å². The molecule has 0 spiro atoms. The Labute approximate surface area is 239 Å². The molecule has 0 saturated carbocycles. The maximum atomic E-state index is 4.89. The Balaban J connectivity index is 1.50. The zero-order valence-corrected chi connectivity index (χ0v) is 23.4. The van der Waals surface area contributed by atoms with E-state index >= 15 is 0 Å². The Morgan fingerprint density at radius 1 is 0.675 bits per heavy atom. The average molecular weight is 542 g/mol. The molecule has 0 bridgehead atoms. The number of hydrogen-bond donors (Lipinski definition) is 1. The van der Waals surface area contributed by atoms with Gasteiger partial charge in [-0.05, 0) is 20.2 Å². The van der Waals surface area contributed by atoms with Crippen molar-refractivity contribution in [2.75, 3.05) is 19.5 Å². The summed E-state index contributed by atoms with van der Waals surface area (Å²) >= 11 is 1.68. The largest absolute Gasteiger partial charge is 0.304 e. The Kier molecular flexibility index (Phi) is 9.04. The van der Waals surface area contributed by atoms with Crippen molar-refractivity contribution in [1.82, 2.24) is 4.90 Å². The first kappa shape index (κ1) is 26.9. The van der Waals surface area contributed by atoms with Crippen LogP contribution in [-0.4, -0.2) is 36.6 Å². The third kappa shape index (κ3) is 7.05. The number of rotatable bonds is 10. The molecule has 0 aliphatic carbocycles. The monoisotopic (exact) mass is 541 g/mol. The minimum absolute atomic E-state index is 0.823. The lowest BCUT2D eigenvalue weighted by atomic mass is 10.0. The molecule has 1 N–H and O–H groups in total. The summed E-state index contributed by atoms with van der Waals surface area (Å²) in [6, 6.07) is 42.9. The van der Waals surface area contributed by atoms with Gasteiger partial charge in [0.15, 0.2) is 0 Å². The minimum atomic E-state index is 0.823. The summed E-state index contributed by atoms with van der Waals surface area (Å²) < 4.78 is 0. The fraction of sp³-hybridized carbons (Fsp3) is 0.0882. The molecule has 1 aromatic heterocycles. The molecule has 0 fully saturated rings. The van der Waals surface area contributed by atoms with E-state index < -0.39 is 0 Å². The highest BCUT2D eigenvalue weighted by Crippen LogP contribution is 2.27. The van der Waals surface area contributed by atoms with E-state index in [1.165, 1.54) is 4.88 Å². The van der Waals surface area contributed by atoms with Crippen LogP contribution < -0.4 is 5.43 Å². The number of hydrogen-bond acceptors (Lipinski definition) is 6. The summed E-state index contributed by atoms with van der Waals surface area (Å²) in [7, 11) is 4.13. The van der Waals surface area contributed by atoms with Crippen LogP contribution in [0.2, 0.25) is 0 Å². The normalized spacial score (nSPS) is 11.0. The fourth-order valence-electron chi connectivity index (χ4n) is 4.25. The van der Waals surface area contributed by atoms with Gasteiger partial charge in [0.05, 0.1) is 22.5 Å². The maximum absolute atomic E-state index is 4.89. The van der Waals surface area contributed by atoms with Crippen LogP contribution in [0.1, 0.15) is 32.0 Å². The third-order valence-electron chi connectivity index (χ3n) is 6.09. The fourth-order valence-corrected chi connectivity index (χ4v) is 5.34. The van der Waals surface area contributed by atoms with Crippen LogP contribution in [-0.2, 0) is 6.54 Å². The molecule has 198 valence electrons. The van der Waals surface area contributed by atoms with Gasteiger partial charge in [0.25, 0.3) is 0 Å². The topological polar surface area (TPSA) is 52.3 Å². The molecule has 1 heterocycles. The van der Waals surface area contributed by atoms with Crippen molar-refractivity contribution in [3.63, 3.8) is 0 Å². The molecule has 0 radical (unpaired) electrons. The second-order valence-corrected chi connectivity index (χ2v) is 10.6. The summed E-state index contributed by atoms with van der Waals surface area (Å²) in [6.07, 6.45) is 1.82. The predicted octanol–water partition coefficient (Wildman–Crippen LogP) is 7.55. The van der Waals surface area contributed by atoms with Gasteiger partial charge in [0, 0.05) is 33.7 Å². The first-order valence-corrected chi connectivity index (χ1v) is 13.9. The zero-order valence-electron chi connectivity index (χ0n) is 22.6. The van der Waals surface area contributed by atoms with Gasteiger partial charge in [0.1, 0.15) is 5.71 Å². The molecule has 40 heavy (non-hydrogen) atoms. The van der Waals surface area contributed by atoms with Crippen LogP contribution in [0.5, 0.6) is 0 Å². The van der Waals surface area contributed by atoms with E-state index in [9.17, 15) is 0 Å². The van der Waals surface area contributed by atoms with Crippen LogP contribution in [0, 0.1) is 0 Å². The molecule has 0 aliphatic rings. The van der Waals surface area contributed by atoms with E-state index in [-0.39, 0.29) is 0 Å². The van der Waals surface area contributed by atoms with Crippen LogP contribution >= 0.6 is 11.3 Å². The lowest BCUT2D eigenvalue weighted by Crippen LogP contribution is -2.09. The van der Waals surface area contributed by atoms with Gasteiger partial charge in [-0.25, -0.2) is 0 Å². The second-order valence-electron chi connectivity index (χ2n) is 9.46. The molecule has 0 amide bonds. The molecule has 5 rings (SSSR count). The molecule has 0 aliphatic heterocycles. The van der Waals surface area contributed by atoms with Crippen molar-refractivity contribution >= 4 is 34.7 Å². The van der Waals surface area contributed by atoms with Crippen molar-refractivity contribution in [3.05, 3.63) is 159 Å². The van der Waals surface area contributed by atoms with Crippen LogP contribution in [0.25, 0.3) is 0 Å². The molecule has 5 aromatic rings. The molecule has 0 unspecified atom stereocenters. The van der Waals surface area contributed by atoms with Gasteiger partial charge in [-0.2, -0.15) is 10.2 Å². The minimum Gasteiger partial charge on any atom is -0.304 e. The molecule has 4 aromatic carbocycles. The smallest absolute Gasteiger partial charge is 0.100 e. The number of thiophene rings is 1. The van der Waals surface area contributed by atoms with E-state index in [1.54, 1.807) is 11.3 Å². The molecular weight excluding hydrogens is 510 g/mol. The van der Waals surface area contributed by atoms with Crippen molar-refractivity contribution in [2.24, 2.45) is 15.3 Å². The van der Waals surface area contributed by atoms with Crippen molar-refractivity contribution < 1.29 is 0 Å². The third-order valence-corrected chi connectivity index (χ3v) is 7.15. The van der Waals surface area contributed by atoms with Gasteiger partial charge in [-0.3, -0.25) is 5.43 Å². The van der Waals surface area contributed by atoms with Crippen molar-refractivity contribution in [3.8, 4) is 0 Å². The highest BCUT2D eigenvalue weighted by molar-refractivity contribution is 7.14. The van der Waals surface area contributed by atoms with Gasteiger partial charge in [-0.1, -0.05) is 121 Å². The zero-order chi connectivity index (χ0) is 27.6. The number of benzene rings is 4. The number of nitrogens with zero attached hydrogens (tertiary/aromatic N) is 4. The Hall–Kier alpha value is -4.65. The van der Waals surface area contributed by atoms with Crippen LogP contribution in [0.3, 0.4) is 0 Å².